The van der Waals surface area contributed by atoms with E-state index in [9.17, 15) is 27.6 Å². The molecule has 1 aromatic carbocycles. The van der Waals surface area contributed by atoms with Gasteiger partial charge in [0.25, 0.3) is 5.91 Å². The van der Waals surface area contributed by atoms with Crippen LogP contribution in [0, 0.1) is 5.92 Å². The summed E-state index contributed by atoms with van der Waals surface area (Å²) >= 11 is 0. The quantitative estimate of drug-likeness (QED) is 0.732. The molecule has 1 aliphatic rings. The summed E-state index contributed by atoms with van der Waals surface area (Å²) in [7, 11) is 0. The molecule has 3 rings (SSSR count). The van der Waals surface area contributed by atoms with Gasteiger partial charge < -0.3 is 15.5 Å². The van der Waals surface area contributed by atoms with Crippen LogP contribution in [0.5, 0.6) is 0 Å². The molecule has 2 unspecified atom stereocenters. The molecular formula is C21H21F3N4O3. The summed E-state index contributed by atoms with van der Waals surface area (Å²) in [5.41, 5.74) is 1.77. The van der Waals surface area contributed by atoms with Gasteiger partial charge in [-0.2, -0.15) is 13.2 Å². The minimum absolute atomic E-state index is 0.241. The molecule has 1 saturated heterocycles. The lowest BCUT2D eigenvalue weighted by Gasteiger charge is -2.20. The summed E-state index contributed by atoms with van der Waals surface area (Å²) in [4.78, 5) is 40.9. The molecule has 2 atom stereocenters. The maximum absolute atomic E-state index is 12.5. The van der Waals surface area contributed by atoms with E-state index >= 15 is 0 Å². The highest BCUT2D eigenvalue weighted by atomic mass is 19.4. The number of nitrogens with one attached hydrogen (secondary N) is 2. The van der Waals surface area contributed by atoms with Crippen LogP contribution in [0.25, 0.3) is 0 Å². The summed E-state index contributed by atoms with van der Waals surface area (Å²) in [5, 5.41) is 5.48. The van der Waals surface area contributed by atoms with Crippen molar-refractivity contribution in [2.24, 2.45) is 5.92 Å². The number of carbonyl (C=O) groups excluding carboxylic acids is 3. The summed E-state index contributed by atoms with van der Waals surface area (Å²) in [6, 6.07) is 9.56. The van der Waals surface area contributed by atoms with Crippen molar-refractivity contribution in [3.05, 3.63) is 59.9 Å². The van der Waals surface area contributed by atoms with Gasteiger partial charge in [-0.1, -0.05) is 12.1 Å². The Labute approximate surface area is 176 Å². The fourth-order valence-corrected chi connectivity index (χ4v) is 3.29. The van der Waals surface area contributed by atoms with Crippen molar-refractivity contribution in [3.63, 3.8) is 0 Å². The van der Waals surface area contributed by atoms with E-state index in [0.29, 0.717) is 16.2 Å². The molecule has 10 heteroatoms. The minimum Gasteiger partial charge on any atom is -0.349 e. The lowest BCUT2D eigenvalue weighted by Crippen LogP contribution is -2.37. The average Bonchev–Trinajstić information content (AvgIpc) is 3.08. The van der Waals surface area contributed by atoms with E-state index < -0.39 is 36.5 Å². The summed E-state index contributed by atoms with van der Waals surface area (Å²) < 4.78 is 37.6. The van der Waals surface area contributed by atoms with Gasteiger partial charge in [-0.25, -0.2) is 0 Å². The normalized spacial score (nSPS) is 17.4. The van der Waals surface area contributed by atoms with Gasteiger partial charge in [0.05, 0.1) is 12.0 Å². The van der Waals surface area contributed by atoms with E-state index in [1.807, 2.05) is 0 Å². The number of rotatable bonds is 6. The van der Waals surface area contributed by atoms with Gasteiger partial charge in [0.15, 0.2) is 0 Å². The highest BCUT2D eigenvalue weighted by Gasteiger charge is 2.40. The lowest BCUT2D eigenvalue weighted by atomic mass is 10.0. The van der Waals surface area contributed by atoms with Crippen LogP contribution in [0.3, 0.4) is 0 Å². The molecule has 1 fully saturated rings. The van der Waals surface area contributed by atoms with Crippen molar-refractivity contribution < 1.29 is 27.6 Å². The SMILES string of the molecule is CC(NC(=O)C1CC(=O)N(CC(F)(F)F)C1)c1ccc(NC(=O)c2ccncc2)cc1. The number of carbonyl (C=O) groups is 3. The van der Waals surface area contributed by atoms with Crippen molar-refractivity contribution in [3.8, 4) is 0 Å². The third-order valence-electron chi connectivity index (χ3n) is 4.93. The summed E-state index contributed by atoms with van der Waals surface area (Å²) in [6.07, 6.45) is -1.71. The predicted molar refractivity (Wildman–Crippen MR) is 106 cm³/mol. The van der Waals surface area contributed by atoms with E-state index in [0.717, 1.165) is 5.56 Å². The molecule has 164 valence electrons. The number of halogens is 3. The number of pyridine rings is 1. The molecule has 2 aromatic rings. The number of alkyl halides is 3. The van der Waals surface area contributed by atoms with Gasteiger partial charge in [0, 0.05) is 36.6 Å². The zero-order chi connectivity index (χ0) is 22.6. The average molecular weight is 434 g/mol. The number of hydrogen-bond donors (Lipinski definition) is 2. The number of benzene rings is 1. The summed E-state index contributed by atoms with van der Waals surface area (Å²) in [6.45, 7) is 0.126. The van der Waals surface area contributed by atoms with Crippen LogP contribution >= 0.6 is 0 Å². The number of aromatic nitrogens is 1. The smallest absolute Gasteiger partial charge is 0.349 e. The van der Waals surface area contributed by atoms with Crippen LogP contribution in [0.15, 0.2) is 48.8 Å². The molecule has 7 nitrogen and oxygen atoms in total. The molecule has 2 heterocycles. The third-order valence-corrected chi connectivity index (χ3v) is 4.93. The standard InChI is InChI=1S/C21H21F3N4O3/c1-13(26-20(31)16-10-18(29)28(11-16)12-21(22,23)24)14-2-4-17(5-3-14)27-19(30)15-6-8-25-9-7-15/h2-9,13,16H,10-12H2,1H3,(H,26,31)(H,27,30). The molecule has 2 N–H and O–H groups in total. The van der Waals surface area contributed by atoms with Gasteiger partial charge in [-0.15, -0.1) is 0 Å². The molecule has 0 bridgehead atoms. The number of nitrogens with zero attached hydrogens (tertiary/aromatic N) is 2. The molecular weight excluding hydrogens is 413 g/mol. The Morgan fingerprint density at radius 3 is 2.42 bits per heavy atom. The van der Waals surface area contributed by atoms with Crippen molar-refractivity contribution >= 4 is 23.4 Å². The maximum Gasteiger partial charge on any atom is 0.406 e. The first kappa shape index (κ1) is 22.3. The zero-order valence-corrected chi connectivity index (χ0v) is 16.6. The van der Waals surface area contributed by atoms with Gasteiger partial charge in [0.2, 0.25) is 11.8 Å². The highest BCUT2D eigenvalue weighted by molar-refractivity contribution is 6.04. The van der Waals surface area contributed by atoms with E-state index in [-0.39, 0.29) is 18.9 Å². The van der Waals surface area contributed by atoms with Crippen LogP contribution in [0.1, 0.15) is 35.3 Å². The monoisotopic (exact) mass is 434 g/mol. The van der Waals surface area contributed by atoms with Crippen LogP contribution in [0.4, 0.5) is 18.9 Å². The first-order valence-corrected chi connectivity index (χ1v) is 9.58. The Morgan fingerprint density at radius 1 is 1.16 bits per heavy atom. The molecule has 0 aliphatic carbocycles. The third kappa shape index (κ3) is 6.03. The molecule has 1 aromatic heterocycles. The fourth-order valence-electron chi connectivity index (χ4n) is 3.29. The topological polar surface area (TPSA) is 91.4 Å². The van der Waals surface area contributed by atoms with E-state index in [1.165, 1.54) is 12.4 Å². The Kier molecular flexibility index (Phi) is 6.57. The van der Waals surface area contributed by atoms with E-state index in [1.54, 1.807) is 43.3 Å². The first-order valence-electron chi connectivity index (χ1n) is 9.58. The Hall–Kier alpha value is -3.43. The van der Waals surface area contributed by atoms with Crippen molar-refractivity contribution in [1.82, 2.24) is 15.2 Å². The fraction of sp³-hybridized carbons (Fsp3) is 0.333. The van der Waals surface area contributed by atoms with Crippen molar-refractivity contribution in [1.29, 1.82) is 0 Å². The van der Waals surface area contributed by atoms with Gasteiger partial charge in [0.1, 0.15) is 6.54 Å². The molecule has 3 amide bonds. The van der Waals surface area contributed by atoms with Gasteiger partial charge in [-0.3, -0.25) is 19.4 Å². The Bertz CT molecular complexity index is 949. The minimum atomic E-state index is -4.50. The van der Waals surface area contributed by atoms with Crippen molar-refractivity contribution in [2.45, 2.75) is 25.6 Å². The van der Waals surface area contributed by atoms with Gasteiger partial charge in [-0.05, 0) is 36.8 Å². The largest absolute Gasteiger partial charge is 0.406 e. The van der Waals surface area contributed by atoms with Crippen LogP contribution in [0.2, 0.25) is 0 Å². The molecule has 0 saturated carbocycles. The lowest BCUT2D eigenvalue weighted by molar-refractivity contribution is -0.157. The highest BCUT2D eigenvalue weighted by Crippen LogP contribution is 2.25. The molecule has 0 spiro atoms. The van der Waals surface area contributed by atoms with Crippen LogP contribution in [-0.2, 0) is 9.59 Å². The Morgan fingerprint density at radius 2 is 1.81 bits per heavy atom. The van der Waals surface area contributed by atoms with Crippen molar-refractivity contribution in [2.75, 3.05) is 18.4 Å². The number of likely N-dealkylation sites (tertiary alicyclic amines) is 1. The molecule has 1 aliphatic heterocycles. The molecule has 0 radical (unpaired) electrons. The maximum atomic E-state index is 12.5. The van der Waals surface area contributed by atoms with Crippen LogP contribution in [-0.4, -0.2) is 46.9 Å². The molecule has 31 heavy (non-hydrogen) atoms. The first-order chi connectivity index (χ1) is 14.6. The van der Waals surface area contributed by atoms with Crippen LogP contribution < -0.4 is 10.6 Å². The second kappa shape index (κ2) is 9.15. The second-order valence-electron chi connectivity index (χ2n) is 7.33. The second-order valence-corrected chi connectivity index (χ2v) is 7.33. The number of amides is 3. The van der Waals surface area contributed by atoms with E-state index in [4.69, 9.17) is 0 Å². The van der Waals surface area contributed by atoms with E-state index in [2.05, 4.69) is 15.6 Å². The predicted octanol–water partition coefficient (Wildman–Crippen LogP) is 2.92. The number of anilines is 1. The Balaban J connectivity index is 1.54. The zero-order valence-electron chi connectivity index (χ0n) is 16.6. The van der Waals surface area contributed by atoms with Gasteiger partial charge >= 0.3 is 6.18 Å². The number of hydrogen-bond acceptors (Lipinski definition) is 4. The summed E-state index contributed by atoms with van der Waals surface area (Å²) in [5.74, 6) is -2.26.